The Morgan fingerprint density at radius 3 is 2.54 bits per heavy atom. The molecule has 138 valence electrons. The number of amides is 1. The zero-order chi connectivity index (χ0) is 18.4. The number of nitrogens with zero attached hydrogens (tertiary/aromatic N) is 1. The molecule has 26 heavy (non-hydrogen) atoms. The fraction of sp³-hybridized carbons (Fsp3) is 0.409. The Labute approximate surface area is 156 Å². The van der Waals surface area contributed by atoms with Crippen LogP contribution in [0, 0.1) is 5.92 Å². The molecule has 1 N–H and O–H groups in total. The van der Waals surface area contributed by atoms with Gasteiger partial charge in [0, 0.05) is 6.54 Å². The molecule has 1 amide bonds. The monoisotopic (exact) mass is 352 g/mol. The summed E-state index contributed by atoms with van der Waals surface area (Å²) in [5.41, 5.74) is 2.35. The van der Waals surface area contributed by atoms with Gasteiger partial charge in [-0.05, 0) is 36.7 Å². The van der Waals surface area contributed by atoms with Gasteiger partial charge in [-0.3, -0.25) is 9.69 Å². The molecule has 0 saturated carbocycles. The molecular formula is C22H28N2O2. The number of rotatable bonds is 7. The molecule has 4 nitrogen and oxygen atoms in total. The van der Waals surface area contributed by atoms with Gasteiger partial charge in [0.1, 0.15) is 12.4 Å². The third-order valence-electron chi connectivity index (χ3n) is 5.16. The van der Waals surface area contributed by atoms with E-state index in [0.29, 0.717) is 13.2 Å². The van der Waals surface area contributed by atoms with Gasteiger partial charge in [-0.15, -0.1) is 0 Å². The van der Waals surface area contributed by atoms with Crippen molar-refractivity contribution in [3.63, 3.8) is 0 Å². The SMILES string of the molecule is CCN(CC)[C@@H](CNC(=O)[C@H]1COc2ccccc2C1)c1ccccc1. The second-order valence-corrected chi connectivity index (χ2v) is 6.71. The van der Waals surface area contributed by atoms with Crippen LogP contribution in [-0.4, -0.2) is 37.0 Å². The van der Waals surface area contributed by atoms with Crippen LogP contribution in [0.4, 0.5) is 0 Å². The average molecular weight is 352 g/mol. The van der Waals surface area contributed by atoms with Crippen molar-refractivity contribution in [1.29, 1.82) is 0 Å². The van der Waals surface area contributed by atoms with Crippen molar-refractivity contribution in [3.8, 4) is 5.75 Å². The van der Waals surface area contributed by atoms with E-state index in [2.05, 4.69) is 48.3 Å². The van der Waals surface area contributed by atoms with Gasteiger partial charge in [-0.1, -0.05) is 62.4 Å². The van der Waals surface area contributed by atoms with Gasteiger partial charge >= 0.3 is 0 Å². The standard InChI is InChI=1S/C22H28N2O2/c1-3-24(4-2)20(17-10-6-5-7-11-17)15-23-22(25)19-14-18-12-8-9-13-21(18)26-16-19/h5-13,19-20H,3-4,14-16H2,1-2H3,(H,23,25)/t19-,20+/m1/s1. The molecule has 0 saturated heterocycles. The Kier molecular flexibility index (Phi) is 6.29. The molecule has 3 rings (SSSR count). The lowest BCUT2D eigenvalue weighted by Crippen LogP contribution is -2.42. The first kappa shape index (κ1) is 18.5. The van der Waals surface area contributed by atoms with Gasteiger partial charge in [0.2, 0.25) is 5.91 Å². The van der Waals surface area contributed by atoms with E-state index in [1.807, 2.05) is 30.3 Å². The number of carbonyl (C=O) groups is 1. The molecular weight excluding hydrogens is 324 g/mol. The highest BCUT2D eigenvalue weighted by atomic mass is 16.5. The predicted molar refractivity (Wildman–Crippen MR) is 104 cm³/mol. The lowest BCUT2D eigenvalue weighted by atomic mass is 9.96. The topological polar surface area (TPSA) is 41.6 Å². The number of hydrogen-bond acceptors (Lipinski definition) is 3. The normalized spacial score (nSPS) is 17.3. The van der Waals surface area contributed by atoms with E-state index in [0.717, 1.165) is 30.8 Å². The minimum Gasteiger partial charge on any atom is -0.492 e. The highest BCUT2D eigenvalue weighted by molar-refractivity contribution is 5.79. The molecule has 0 spiro atoms. The van der Waals surface area contributed by atoms with E-state index in [4.69, 9.17) is 4.74 Å². The Bertz CT molecular complexity index is 713. The van der Waals surface area contributed by atoms with E-state index >= 15 is 0 Å². The summed E-state index contributed by atoms with van der Waals surface area (Å²) >= 11 is 0. The first-order chi connectivity index (χ1) is 12.7. The Hall–Kier alpha value is -2.33. The van der Waals surface area contributed by atoms with Crippen LogP contribution in [-0.2, 0) is 11.2 Å². The molecule has 2 atom stereocenters. The summed E-state index contributed by atoms with van der Waals surface area (Å²) in [6, 6.07) is 18.6. The number of likely N-dealkylation sites (N-methyl/N-ethyl adjacent to an activating group) is 1. The van der Waals surface area contributed by atoms with E-state index in [9.17, 15) is 4.79 Å². The van der Waals surface area contributed by atoms with Crippen molar-refractivity contribution in [3.05, 3.63) is 65.7 Å². The molecule has 1 aliphatic rings. The smallest absolute Gasteiger partial charge is 0.226 e. The fourth-order valence-corrected chi connectivity index (χ4v) is 3.64. The minimum absolute atomic E-state index is 0.0765. The molecule has 0 fully saturated rings. The number of fused-ring (bicyclic) bond motifs is 1. The quantitative estimate of drug-likeness (QED) is 0.830. The number of carbonyl (C=O) groups excluding carboxylic acids is 1. The summed E-state index contributed by atoms with van der Waals surface area (Å²) < 4.78 is 5.77. The van der Waals surface area contributed by atoms with E-state index < -0.39 is 0 Å². The van der Waals surface area contributed by atoms with Crippen LogP contribution in [0.5, 0.6) is 5.75 Å². The van der Waals surface area contributed by atoms with Crippen LogP contribution >= 0.6 is 0 Å². The number of benzene rings is 2. The van der Waals surface area contributed by atoms with Crippen LogP contribution in [0.3, 0.4) is 0 Å². The van der Waals surface area contributed by atoms with E-state index in [1.54, 1.807) is 0 Å². The third kappa shape index (κ3) is 4.25. The van der Waals surface area contributed by atoms with Crippen molar-refractivity contribution in [2.75, 3.05) is 26.2 Å². The van der Waals surface area contributed by atoms with Crippen LogP contribution in [0.2, 0.25) is 0 Å². The summed E-state index contributed by atoms with van der Waals surface area (Å²) in [7, 11) is 0. The Morgan fingerprint density at radius 1 is 1.12 bits per heavy atom. The Balaban J connectivity index is 1.64. The molecule has 0 radical (unpaired) electrons. The molecule has 1 heterocycles. The van der Waals surface area contributed by atoms with Crippen molar-refractivity contribution in [2.24, 2.45) is 5.92 Å². The predicted octanol–water partition coefficient (Wildman–Crippen LogP) is 3.44. The molecule has 0 aromatic heterocycles. The fourth-order valence-electron chi connectivity index (χ4n) is 3.64. The number of para-hydroxylation sites is 1. The summed E-state index contributed by atoms with van der Waals surface area (Å²) in [5.74, 6) is 0.854. The number of nitrogens with one attached hydrogen (secondary N) is 1. The average Bonchev–Trinajstić information content (AvgIpc) is 2.71. The largest absolute Gasteiger partial charge is 0.492 e. The maximum absolute atomic E-state index is 12.7. The van der Waals surface area contributed by atoms with Gasteiger partial charge in [0.05, 0.1) is 12.0 Å². The first-order valence-electron chi connectivity index (χ1n) is 9.50. The zero-order valence-electron chi connectivity index (χ0n) is 15.7. The van der Waals surface area contributed by atoms with Crippen molar-refractivity contribution in [2.45, 2.75) is 26.3 Å². The van der Waals surface area contributed by atoms with Crippen LogP contribution in [0.15, 0.2) is 54.6 Å². The van der Waals surface area contributed by atoms with Gasteiger partial charge in [0.15, 0.2) is 0 Å². The molecule has 0 aliphatic carbocycles. The minimum atomic E-state index is -0.127. The van der Waals surface area contributed by atoms with Crippen LogP contribution in [0.1, 0.15) is 31.0 Å². The molecule has 2 aromatic rings. The third-order valence-corrected chi connectivity index (χ3v) is 5.16. The summed E-state index contributed by atoms with van der Waals surface area (Å²) in [6.45, 7) is 7.28. The molecule has 2 aromatic carbocycles. The molecule has 4 heteroatoms. The van der Waals surface area contributed by atoms with E-state index in [-0.39, 0.29) is 17.9 Å². The summed E-state index contributed by atoms with van der Waals surface area (Å²) in [6.07, 6.45) is 0.739. The molecule has 0 unspecified atom stereocenters. The highest BCUT2D eigenvalue weighted by Gasteiger charge is 2.27. The maximum atomic E-state index is 12.7. The number of hydrogen-bond donors (Lipinski definition) is 1. The maximum Gasteiger partial charge on any atom is 0.226 e. The highest BCUT2D eigenvalue weighted by Crippen LogP contribution is 2.27. The van der Waals surface area contributed by atoms with Crippen molar-refractivity contribution in [1.82, 2.24) is 10.2 Å². The summed E-state index contributed by atoms with van der Waals surface area (Å²) in [4.78, 5) is 15.1. The van der Waals surface area contributed by atoms with Crippen LogP contribution in [0.25, 0.3) is 0 Å². The van der Waals surface area contributed by atoms with Crippen molar-refractivity contribution >= 4 is 5.91 Å². The summed E-state index contributed by atoms with van der Waals surface area (Å²) in [5, 5.41) is 3.17. The van der Waals surface area contributed by atoms with E-state index in [1.165, 1.54) is 5.56 Å². The number of ether oxygens (including phenoxy) is 1. The lowest BCUT2D eigenvalue weighted by molar-refractivity contribution is -0.126. The van der Waals surface area contributed by atoms with Gasteiger partial charge < -0.3 is 10.1 Å². The van der Waals surface area contributed by atoms with Crippen molar-refractivity contribution < 1.29 is 9.53 Å². The first-order valence-corrected chi connectivity index (χ1v) is 9.50. The zero-order valence-corrected chi connectivity index (χ0v) is 15.7. The Morgan fingerprint density at radius 2 is 1.81 bits per heavy atom. The van der Waals surface area contributed by atoms with Gasteiger partial charge in [-0.25, -0.2) is 0 Å². The second-order valence-electron chi connectivity index (χ2n) is 6.71. The second kappa shape index (κ2) is 8.86. The lowest BCUT2D eigenvalue weighted by Gasteiger charge is -2.31. The van der Waals surface area contributed by atoms with Gasteiger partial charge in [-0.2, -0.15) is 0 Å². The van der Waals surface area contributed by atoms with Crippen LogP contribution < -0.4 is 10.1 Å². The molecule has 1 aliphatic heterocycles. The van der Waals surface area contributed by atoms with Gasteiger partial charge in [0.25, 0.3) is 0 Å². The molecule has 0 bridgehead atoms.